The molecule has 0 aliphatic rings. The molecule has 0 aliphatic heterocycles. The Bertz CT molecular complexity index is 890. The molecule has 0 amide bonds. The quantitative estimate of drug-likeness (QED) is 0.476. The lowest BCUT2D eigenvalue weighted by atomic mass is 9.94. The second-order valence-electron chi connectivity index (χ2n) is 5.93. The molecular weight excluding hydrogens is 300 g/mol. The summed E-state index contributed by atoms with van der Waals surface area (Å²) < 4.78 is 5.69. The summed E-state index contributed by atoms with van der Waals surface area (Å²) in [4.78, 5) is 1.34. The summed E-state index contributed by atoms with van der Waals surface area (Å²) in [5.41, 5.74) is 7.35. The zero-order chi connectivity index (χ0) is 16.4. The van der Waals surface area contributed by atoms with Crippen molar-refractivity contribution in [3.05, 3.63) is 75.2 Å². The molecule has 0 radical (unpaired) electrons. The van der Waals surface area contributed by atoms with Gasteiger partial charge in [0.25, 0.3) is 0 Å². The molecule has 2 heteroatoms. The van der Waals surface area contributed by atoms with Gasteiger partial charge < -0.3 is 4.42 Å². The van der Waals surface area contributed by atoms with Crippen molar-refractivity contribution >= 4 is 27.9 Å². The van der Waals surface area contributed by atoms with E-state index in [2.05, 4.69) is 69.5 Å². The number of fused-ring (bicyclic) bond motifs is 1. The third kappa shape index (κ3) is 3.04. The topological polar surface area (TPSA) is 13.1 Å². The van der Waals surface area contributed by atoms with Gasteiger partial charge in [0.2, 0.25) is 0 Å². The number of rotatable bonds is 4. The van der Waals surface area contributed by atoms with Gasteiger partial charge in [-0.1, -0.05) is 36.8 Å². The highest BCUT2D eigenvalue weighted by Crippen LogP contribution is 2.35. The molecule has 0 spiro atoms. The Labute approximate surface area is 142 Å². The van der Waals surface area contributed by atoms with Gasteiger partial charge in [-0.05, 0) is 67.0 Å². The minimum Gasteiger partial charge on any atom is -0.464 e. The van der Waals surface area contributed by atoms with Crippen molar-refractivity contribution < 1.29 is 4.42 Å². The van der Waals surface area contributed by atoms with Crippen LogP contribution >= 0.6 is 11.3 Å². The van der Waals surface area contributed by atoms with Crippen LogP contribution in [0.25, 0.3) is 16.5 Å². The summed E-state index contributed by atoms with van der Waals surface area (Å²) in [6.07, 6.45) is 7.34. The fraction of sp³-hybridized carbons (Fsp3) is 0.238. The molecule has 2 aromatic heterocycles. The van der Waals surface area contributed by atoms with Crippen LogP contribution in [0.1, 0.15) is 41.8 Å². The Morgan fingerprint density at radius 1 is 1.09 bits per heavy atom. The molecule has 0 saturated heterocycles. The van der Waals surface area contributed by atoms with E-state index in [-0.39, 0.29) is 0 Å². The summed E-state index contributed by atoms with van der Waals surface area (Å²) in [5.74, 6) is 0. The number of benzene rings is 1. The fourth-order valence-corrected chi connectivity index (χ4v) is 3.48. The summed E-state index contributed by atoms with van der Waals surface area (Å²) in [6, 6.07) is 8.65. The third-order valence-electron chi connectivity index (χ3n) is 4.34. The Balaban J connectivity index is 2.25. The van der Waals surface area contributed by atoms with Crippen LogP contribution in [0.3, 0.4) is 0 Å². The van der Waals surface area contributed by atoms with Gasteiger partial charge in [-0.2, -0.15) is 0 Å². The number of furan rings is 1. The summed E-state index contributed by atoms with van der Waals surface area (Å²) in [6.45, 7) is 8.65. The number of allylic oxidation sites excluding steroid dienone is 3. The number of hydrogen-bond acceptors (Lipinski definition) is 2. The fourth-order valence-electron chi connectivity index (χ4n) is 2.77. The SMILES string of the molecule is CCC(C)=CC=C(c1ccsc1C)c1ccc(C)c2occc12. The molecule has 0 saturated carbocycles. The normalized spacial score (nSPS) is 13.0. The van der Waals surface area contributed by atoms with Gasteiger partial charge in [-0.3, -0.25) is 0 Å². The molecule has 0 bridgehead atoms. The minimum absolute atomic E-state index is 0.984. The first-order valence-corrected chi connectivity index (χ1v) is 8.89. The van der Waals surface area contributed by atoms with Crippen molar-refractivity contribution in [3.63, 3.8) is 0 Å². The summed E-state index contributed by atoms with van der Waals surface area (Å²) in [7, 11) is 0. The van der Waals surface area contributed by atoms with Gasteiger partial charge in [0, 0.05) is 10.3 Å². The smallest absolute Gasteiger partial charge is 0.137 e. The van der Waals surface area contributed by atoms with E-state index in [1.54, 1.807) is 17.6 Å². The van der Waals surface area contributed by atoms with Gasteiger partial charge in [-0.15, -0.1) is 11.3 Å². The monoisotopic (exact) mass is 322 g/mol. The predicted molar refractivity (Wildman–Crippen MR) is 101 cm³/mol. The molecule has 0 N–H and O–H groups in total. The van der Waals surface area contributed by atoms with E-state index in [1.807, 2.05) is 0 Å². The molecule has 2 heterocycles. The van der Waals surface area contributed by atoms with Crippen molar-refractivity contribution in [2.24, 2.45) is 0 Å². The minimum atomic E-state index is 0.984. The van der Waals surface area contributed by atoms with Crippen LogP contribution in [0.5, 0.6) is 0 Å². The first-order chi connectivity index (χ1) is 11.1. The van der Waals surface area contributed by atoms with Gasteiger partial charge >= 0.3 is 0 Å². The van der Waals surface area contributed by atoms with Crippen LogP contribution in [0, 0.1) is 13.8 Å². The highest BCUT2D eigenvalue weighted by atomic mass is 32.1. The molecule has 0 unspecified atom stereocenters. The summed E-state index contributed by atoms with van der Waals surface area (Å²) in [5, 5.41) is 3.35. The Morgan fingerprint density at radius 3 is 2.61 bits per heavy atom. The molecular formula is C21H22OS. The molecule has 0 fully saturated rings. The van der Waals surface area contributed by atoms with E-state index in [9.17, 15) is 0 Å². The van der Waals surface area contributed by atoms with E-state index >= 15 is 0 Å². The molecule has 1 nitrogen and oxygen atoms in total. The predicted octanol–water partition coefficient (Wildman–Crippen LogP) is 6.90. The van der Waals surface area contributed by atoms with Crippen molar-refractivity contribution in [1.82, 2.24) is 0 Å². The van der Waals surface area contributed by atoms with Crippen molar-refractivity contribution in [2.45, 2.75) is 34.1 Å². The van der Waals surface area contributed by atoms with E-state index in [1.165, 1.54) is 38.1 Å². The van der Waals surface area contributed by atoms with E-state index < -0.39 is 0 Å². The zero-order valence-electron chi connectivity index (χ0n) is 14.1. The van der Waals surface area contributed by atoms with Crippen LogP contribution in [-0.4, -0.2) is 0 Å². The van der Waals surface area contributed by atoms with E-state index in [4.69, 9.17) is 4.42 Å². The maximum Gasteiger partial charge on any atom is 0.137 e. The average Bonchev–Trinajstić information content (AvgIpc) is 3.19. The van der Waals surface area contributed by atoms with Gasteiger partial charge in [-0.25, -0.2) is 0 Å². The molecule has 3 rings (SSSR count). The highest BCUT2D eigenvalue weighted by Gasteiger charge is 2.14. The zero-order valence-corrected chi connectivity index (χ0v) is 15.0. The standard InChI is InChI=1S/C21H22OS/c1-5-14(2)6-8-18(17-11-13-23-16(17)4)19-9-7-15(3)21-20(19)10-12-22-21/h6-13H,5H2,1-4H3. The van der Waals surface area contributed by atoms with Crippen molar-refractivity contribution in [1.29, 1.82) is 0 Å². The second-order valence-corrected chi connectivity index (χ2v) is 7.05. The maximum atomic E-state index is 5.69. The largest absolute Gasteiger partial charge is 0.464 e. The van der Waals surface area contributed by atoms with E-state index in [0.717, 1.165) is 12.0 Å². The van der Waals surface area contributed by atoms with Gasteiger partial charge in [0.15, 0.2) is 0 Å². The molecule has 0 atom stereocenters. The highest BCUT2D eigenvalue weighted by molar-refractivity contribution is 7.10. The van der Waals surface area contributed by atoms with Gasteiger partial charge in [0.05, 0.1) is 6.26 Å². The number of thiophene rings is 1. The van der Waals surface area contributed by atoms with Crippen LogP contribution in [0.2, 0.25) is 0 Å². The van der Waals surface area contributed by atoms with Crippen LogP contribution in [0.4, 0.5) is 0 Å². The lowest BCUT2D eigenvalue weighted by molar-refractivity contribution is 0.613. The first kappa shape index (κ1) is 15.8. The van der Waals surface area contributed by atoms with Crippen LogP contribution in [0.15, 0.2) is 58.1 Å². The van der Waals surface area contributed by atoms with Crippen molar-refractivity contribution in [3.8, 4) is 0 Å². The number of aryl methyl sites for hydroxylation is 2. The Kier molecular flexibility index (Phi) is 4.53. The Morgan fingerprint density at radius 2 is 1.91 bits per heavy atom. The first-order valence-electron chi connectivity index (χ1n) is 8.01. The molecule has 1 aromatic carbocycles. The maximum absolute atomic E-state index is 5.69. The molecule has 3 aromatic rings. The van der Waals surface area contributed by atoms with Crippen molar-refractivity contribution in [2.75, 3.05) is 0 Å². The van der Waals surface area contributed by atoms with Crippen LogP contribution < -0.4 is 0 Å². The summed E-state index contributed by atoms with van der Waals surface area (Å²) >= 11 is 1.79. The molecule has 23 heavy (non-hydrogen) atoms. The van der Waals surface area contributed by atoms with Crippen LogP contribution in [-0.2, 0) is 0 Å². The number of hydrogen-bond donors (Lipinski definition) is 0. The lowest BCUT2D eigenvalue weighted by Crippen LogP contribution is -1.90. The Hall–Kier alpha value is -2.06. The molecule has 118 valence electrons. The van der Waals surface area contributed by atoms with E-state index in [0.29, 0.717) is 0 Å². The molecule has 0 aliphatic carbocycles. The average molecular weight is 322 g/mol. The second kappa shape index (κ2) is 6.59. The van der Waals surface area contributed by atoms with Gasteiger partial charge in [0.1, 0.15) is 5.58 Å². The third-order valence-corrected chi connectivity index (χ3v) is 5.19. The lowest BCUT2D eigenvalue weighted by Gasteiger charge is -2.10.